The summed E-state index contributed by atoms with van der Waals surface area (Å²) >= 11 is 0. The number of hydrogen-bond donors (Lipinski definition) is 0. The van der Waals surface area contributed by atoms with Crippen LogP contribution in [0, 0.1) is 0 Å². The van der Waals surface area contributed by atoms with E-state index in [2.05, 4.69) is 71.7 Å². The maximum Gasteiger partial charge on any atom is 0.188 e. The molecule has 0 aliphatic rings. The molecule has 0 rings (SSSR count). The second kappa shape index (κ2) is 9.28. The van der Waals surface area contributed by atoms with Crippen LogP contribution in [0.5, 0.6) is 0 Å². The van der Waals surface area contributed by atoms with Crippen molar-refractivity contribution in [3.05, 3.63) is 0 Å². The Balaban J connectivity index is 5.24. The highest BCUT2D eigenvalue weighted by Gasteiger charge is 2.33. The van der Waals surface area contributed by atoms with Crippen LogP contribution in [-0.4, -0.2) is 40.1 Å². The Kier molecular flexibility index (Phi) is 9.43. The first-order chi connectivity index (χ1) is 8.73. The van der Waals surface area contributed by atoms with Gasteiger partial charge in [-0.2, -0.15) is 0 Å². The van der Waals surface area contributed by atoms with Crippen LogP contribution in [0.25, 0.3) is 0 Å². The van der Waals surface area contributed by atoms with Gasteiger partial charge in [0.05, 0.1) is 6.61 Å². The Morgan fingerprint density at radius 1 is 0.737 bits per heavy atom. The van der Waals surface area contributed by atoms with Crippen LogP contribution >= 0.6 is 8.45 Å². The van der Waals surface area contributed by atoms with E-state index in [0.717, 1.165) is 13.0 Å². The van der Waals surface area contributed by atoms with Gasteiger partial charge in [0.25, 0.3) is 0 Å². The van der Waals surface area contributed by atoms with Crippen molar-refractivity contribution >= 4 is 8.45 Å². The predicted molar refractivity (Wildman–Crippen MR) is 87.4 cm³/mol. The molecular formula is C15H35N2OP. The average Bonchev–Trinajstić information content (AvgIpc) is 2.23. The molecule has 0 saturated carbocycles. The quantitative estimate of drug-likeness (QED) is 0.563. The van der Waals surface area contributed by atoms with E-state index >= 15 is 0 Å². The Hall–Kier alpha value is 0.310. The molecular weight excluding hydrogens is 255 g/mol. The first-order valence-electron chi connectivity index (χ1n) is 7.73. The van der Waals surface area contributed by atoms with E-state index in [1.807, 2.05) is 0 Å². The van der Waals surface area contributed by atoms with E-state index < -0.39 is 8.45 Å². The van der Waals surface area contributed by atoms with Gasteiger partial charge in [-0.05, 0) is 61.8 Å². The minimum atomic E-state index is -0.685. The molecule has 116 valence electrons. The SMILES string of the molecule is CCCOP(N(C(C)C)C(C)C)N(C(C)C)C(C)C. The summed E-state index contributed by atoms with van der Waals surface area (Å²) < 4.78 is 11.3. The number of nitrogens with zero attached hydrogens (tertiary/aromatic N) is 2. The molecule has 0 aromatic carbocycles. The maximum atomic E-state index is 6.28. The first kappa shape index (κ1) is 19.3. The van der Waals surface area contributed by atoms with Crippen molar-refractivity contribution in [3.63, 3.8) is 0 Å². The lowest BCUT2D eigenvalue weighted by Crippen LogP contribution is -2.43. The third kappa shape index (κ3) is 6.08. The standard InChI is InChI=1S/C15H35N2OP/c1-10-11-18-19(16(12(2)3)13(4)5)17(14(6)7)15(8)9/h12-15H,10-11H2,1-9H3. The number of hydrogen-bond acceptors (Lipinski definition) is 3. The minimum Gasteiger partial charge on any atom is -0.331 e. The fourth-order valence-corrected chi connectivity index (χ4v) is 4.84. The van der Waals surface area contributed by atoms with Gasteiger partial charge in [-0.15, -0.1) is 0 Å². The van der Waals surface area contributed by atoms with Gasteiger partial charge in [-0.3, -0.25) is 0 Å². The van der Waals surface area contributed by atoms with Crippen LogP contribution in [0.1, 0.15) is 68.7 Å². The van der Waals surface area contributed by atoms with Crippen LogP contribution in [-0.2, 0) is 4.52 Å². The summed E-state index contributed by atoms with van der Waals surface area (Å²) in [4.78, 5) is 0. The highest BCUT2D eigenvalue weighted by atomic mass is 31.2. The van der Waals surface area contributed by atoms with Gasteiger partial charge in [-0.1, -0.05) is 6.92 Å². The molecule has 0 aromatic heterocycles. The lowest BCUT2D eigenvalue weighted by Gasteiger charge is -2.45. The molecule has 0 aliphatic carbocycles. The molecule has 0 N–H and O–H groups in total. The zero-order chi connectivity index (χ0) is 15.2. The monoisotopic (exact) mass is 290 g/mol. The molecule has 0 radical (unpaired) electrons. The molecule has 19 heavy (non-hydrogen) atoms. The summed E-state index contributed by atoms with van der Waals surface area (Å²) in [5.74, 6) is 0. The summed E-state index contributed by atoms with van der Waals surface area (Å²) in [5, 5.41) is 0. The van der Waals surface area contributed by atoms with Gasteiger partial charge in [0.2, 0.25) is 0 Å². The highest BCUT2D eigenvalue weighted by molar-refractivity contribution is 7.47. The fraction of sp³-hybridized carbons (Fsp3) is 1.00. The Morgan fingerprint density at radius 2 is 1.05 bits per heavy atom. The molecule has 0 saturated heterocycles. The van der Waals surface area contributed by atoms with E-state index in [4.69, 9.17) is 4.52 Å². The molecule has 0 atom stereocenters. The van der Waals surface area contributed by atoms with Crippen molar-refractivity contribution in [2.45, 2.75) is 92.9 Å². The van der Waals surface area contributed by atoms with Crippen LogP contribution < -0.4 is 0 Å². The van der Waals surface area contributed by atoms with Gasteiger partial charge >= 0.3 is 0 Å². The van der Waals surface area contributed by atoms with E-state index in [-0.39, 0.29) is 0 Å². The molecule has 0 bridgehead atoms. The van der Waals surface area contributed by atoms with E-state index in [0.29, 0.717) is 24.2 Å². The average molecular weight is 290 g/mol. The largest absolute Gasteiger partial charge is 0.331 e. The van der Waals surface area contributed by atoms with Gasteiger partial charge in [-0.25, -0.2) is 9.34 Å². The third-order valence-corrected chi connectivity index (χ3v) is 5.97. The van der Waals surface area contributed by atoms with Gasteiger partial charge in [0.1, 0.15) is 0 Å². The van der Waals surface area contributed by atoms with Gasteiger partial charge < -0.3 is 4.52 Å². The lowest BCUT2D eigenvalue weighted by atomic mass is 10.3. The molecule has 0 amide bonds. The highest BCUT2D eigenvalue weighted by Crippen LogP contribution is 2.50. The topological polar surface area (TPSA) is 15.7 Å². The van der Waals surface area contributed by atoms with Crippen molar-refractivity contribution < 1.29 is 4.52 Å². The Bertz CT molecular complexity index is 196. The summed E-state index contributed by atoms with van der Waals surface area (Å²) in [6.45, 7) is 21.2. The van der Waals surface area contributed by atoms with Crippen molar-refractivity contribution in [1.29, 1.82) is 0 Å². The van der Waals surface area contributed by atoms with E-state index in [1.54, 1.807) is 0 Å². The summed E-state index contributed by atoms with van der Waals surface area (Å²) in [6, 6.07) is 2.01. The second-order valence-electron chi connectivity index (χ2n) is 6.22. The first-order valence-corrected chi connectivity index (χ1v) is 8.90. The van der Waals surface area contributed by atoms with E-state index in [1.165, 1.54) is 0 Å². The van der Waals surface area contributed by atoms with Crippen LogP contribution in [0.3, 0.4) is 0 Å². The minimum absolute atomic E-state index is 0.503. The molecule has 0 aliphatic heterocycles. The summed E-state index contributed by atoms with van der Waals surface area (Å²) in [7, 11) is -0.685. The molecule has 0 heterocycles. The van der Waals surface area contributed by atoms with Crippen molar-refractivity contribution in [1.82, 2.24) is 9.34 Å². The molecule has 0 fully saturated rings. The molecule has 4 heteroatoms. The molecule has 0 spiro atoms. The molecule has 0 aromatic rings. The lowest BCUT2D eigenvalue weighted by molar-refractivity contribution is 0.187. The number of rotatable bonds is 9. The third-order valence-electron chi connectivity index (χ3n) is 2.92. The normalized spacial score (nSPS) is 13.3. The fourth-order valence-electron chi connectivity index (χ4n) is 2.41. The van der Waals surface area contributed by atoms with Crippen LogP contribution in [0.4, 0.5) is 0 Å². The zero-order valence-corrected chi connectivity index (χ0v) is 15.4. The van der Waals surface area contributed by atoms with Crippen LogP contribution in [0.2, 0.25) is 0 Å². The maximum absolute atomic E-state index is 6.28. The van der Waals surface area contributed by atoms with Crippen LogP contribution in [0.15, 0.2) is 0 Å². The predicted octanol–water partition coefficient (Wildman–Crippen LogP) is 4.88. The molecule has 3 nitrogen and oxygen atoms in total. The van der Waals surface area contributed by atoms with Gasteiger partial charge in [0.15, 0.2) is 8.45 Å². The zero-order valence-electron chi connectivity index (χ0n) is 14.5. The van der Waals surface area contributed by atoms with E-state index in [9.17, 15) is 0 Å². The Labute approximate surface area is 122 Å². The smallest absolute Gasteiger partial charge is 0.188 e. The van der Waals surface area contributed by atoms with Crippen molar-refractivity contribution in [2.24, 2.45) is 0 Å². The Morgan fingerprint density at radius 3 is 1.26 bits per heavy atom. The summed E-state index contributed by atoms with van der Waals surface area (Å²) in [5.41, 5.74) is 0. The van der Waals surface area contributed by atoms with Gasteiger partial charge in [0, 0.05) is 24.2 Å². The second-order valence-corrected chi connectivity index (χ2v) is 7.91. The molecule has 0 unspecified atom stereocenters. The summed E-state index contributed by atoms with van der Waals surface area (Å²) in [6.07, 6.45) is 1.08. The van der Waals surface area contributed by atoms with Crippen molar-refractivity contribution in [3.8, 4) is 0 Å². The van der Waals surface area contributed by atoms with Crippen molar-refractivity contribution in [2.75, 3.05) is 6.61 Å².